The molecule has 0 rings (SSSR count). The monoisotopic (exact) mass is 170 g/mol. The molecule has 1 nitrogen and oxygen atoms in total. The average Bonchev–Trinajstić information content (AvgIpc) is 2.06. The summed E-state index contributed by atoms with van der Waals surface area (Å²) < 4.78 is 0. The van der Waals surface area contributed by atoms with Gasteiger partial charge in [0.25, 0.3) is 0 Å². The van der Waals surface area contributed by atoms with Crippen LogP contribution in [0.15, 0.2) is 11.8 Å². The first-order chi connectivity index (χ1) is 5.81. The van der Waals surface area contributed by atoms with E-state index in [2.05, 4.69) is 13.8 Å². The SMILES string of the molecule is CCCC/C=C(/O)CCCCC. The first-order valence-corrected chi connectivity index (χ1v) is 5.19. The van der Waals surface area contributed by atoms with Gasteiger partial charge in [0.05, 0.1) is 5.76 Å². The summed E-state index contributed by atoms with van der Waals surface area (Å²) in [5.41, 5.74) is 0. The van der Waals surface area contributed by atoms with Crippen molar-refractivity contribution in [1.29, 1.82) is 0 Å². The van der Waals surface area contributed by atoms with Crippen molar-refractivity contribution < 1.29 is 5.11 Å². The molecule has 0 unspecified atom stereocenters. The first-order valence-electron chi connectivity index (χ1n) is 5.19. The van der Waals surface area contributed by atoms with Crippen molar-refractivity contribution in [3.63, 3.8) is 0 Å². The highest BCUT2D eigenvalue weighted by atomic mass is 16.3. The molecule has 0 heterocycles. The van der Waals surface area contributed by atoms with Crippen molar-refractivity contribution in [2.24, 2.45) is 0 Å². The van der Waals surface area contributed by atoms with Gasteiger partial charge in [-0.2, -0.15) is 0 Å². The van der Waals surface area contributed by atoms with Crippen LogP contribution in [0.5, 0.6) is 0 Å². The smallest absolute Gasteiger partial charge is 0.0882 e. The lowest BCUT2D eigenvalue weighted by Crippen LogP contribution is -1.82. The number of hydrogen-bond acceptors (Lipinski definition) is 1. The number of hydrogen-bond donors (Lipinski definition) is 1. The number of aliphatic hydroxyl groups excluding tert-OH is 1. The largest absolute Gasteiger partial charge is 0.513 e. The lowest BCUT2D eigenvalue weighted by Gasteiger charge is -1.98. The minimum atomic E-state index is 0.594. The van der Waals surface area contributed by atoms with Crippen molar-refractivity contribution in [2.75, 3.05) is 0 Å². The van der Waals surface area contributed by atoms with Crippen LogP contribution in [0.1, 0.15) is 58.8 Å². The maximum atomic E-state index is 9.36. The van der Waals surface area contributed by atoms with E-state index in [1.165, 1.54) is 25.7 Å². The number of unbranched alkanes of at least 4 members (excludes halogenated alkanes) is 4. The average molecular weight is 170 g/mol. The van der Waals surface area contributed by atoms with Gasteiger partial charge in [-0.3, -0.25) is 0 Å². The summed E-state index contributed by atoms with van der Waals surface area (Å²) in [6, 6.07) is 0. The lowest BCUT2D eigenvalue weighted by molar-refractivity contribution is 0.378. The van der Waals surface area contributed by atoms with Crippen molar-refractivity contribution in [2.45, 2.75) is 58.8 Å². The summed E-state index contributed by atoms with van der Waals surface area (Å²) >= 11 is 0. The normalized spacial score (nSPS) is 12.0. The molecule has 0 fully saturated rings. The molecule has 0 bridgehead atoms. The van der Waals surface area contributed by atoms with E-state index < -0.39 is 0 Å². The number of aliphatic hydroxyl groups is 1. The summed E-state index contributed by atoms with van der Waals surface area (Å²) in [4.78, 5) is 0. The third-order valence-electron chi connectivity index (χ3n) is 1.97. The third kappa shape index (κ3) is 7.64. The van der Waals surface area contributed by atoms with E-state index >= 15 is 0 Å². The second-order valence-corrected chi connectivity index (χ2v) is 3.29. The van der Waals surface area contributed by atoms with Crippen LogP contribution in [-0.4, -0.2) is 5.11 Å². The second-order valence-electron chi connectivity index (χ2n) is 3.29. The van der Waals surface area contributed by atoms with Crippen molar-refractivity contribution >= 4 is 0 Å². The fraction of sp³-hybridized carbons (Fsp3) is 0.818. The van der Waals surface area contributed by atoms with Crippen molar-refractivity contribution in [1.82, 2.24) is 0 Å². The van der Waals surface area contributed by atoms with Crippen LogP contribution < -0.4 is 0 Å². The highest BCUT2D eigenvalue weighted by Gasteiger charge is 1.92. The Bertz CT molecular complexity index is 116. The molecule has 0 radical (unpaired) electrons. The highest BCUT2D eigenvalue weighted by Crippen LogP contribution is 2.07. The number of rotatable bonds is 7. The molecule has 1 N–H and O–H groups in total. The minimum absolute atomic E-state index is 0.594. The topological polar surface area (TPSA) is 20.2 Å². The molecule has 0 aliphatic carbocycles. The quantitative estimate of drug-likeness (QED) is 0.448. The molecule has 0 aromatic heterocycles. The van der Waals surface area contributed by atoms with Crippen LogP contribution in [0.3, 0.4) is 0 Å². The molecule has 0 spiro atoms. The summed E-state index contributed by atoms with van der Waals surface area (Å²) in [5, 5.41) is 9.36. The van der Waals surface area contributed by atoms with E-state index in [0.717, 1.165) is 19.3 Å². The van der Waals surface area contributed by atoms with Gasteiger partial charge >= 0.3 is 0 Å². The van der Waals surface area contributed by atoms with Crippen molar-refractivity contribution in [3.8, 4) is 0 Å². The molecule has 0 aromatic carbocycles. The Morgan fingerprint density at radius 2 is 1.75 bits per heavy atom. The maximum Gasteiger partial charge on any atom is 0.0882 e. The third-order valence-corrected chi connectivity index (χ3v) is 1.97. The Balaban J connectivity index is 3.29. The molecular formula is C11H22O. The van der Waals surface area contributed by atoms with E-state index in [1.54, 1.807) is 0 Å². The molecule has 0 aromatic rings. The van der Waals surface area contributed by atoms with E-state index in [0.29, 0.717) is 5.76 Å². The summed E-state index contributed by atoms with van der Waals surface area (Å²) in [5.74, 6) is 0.594. The first kappa shape index (κ1) is 11.5. The Kier molecular flexibility index (Phi) is 8.30. The fourth-order valence-electron chi connectivity index (χ4n) is 1.13. The molecule has 72 valence electrons. The zero-order valence-electron chi connectivity index (χ0n) is 8.47. The van der Waals surface area contributed by atoms with Crippen LogP contribution >= 0.6 is 0 Å². The molecule has 0 saturated carbocycles. The van der Waals surface area contributed by atoms with Crippen molar-refractivity contribution in [3.05, 3.63) is 11.8 Å². The molecule has 0 atom stereocenters. The van der Waals surface area contributed by atoms with Gasteiger partial charge in [-0.25, -0.2) is 0 Å². The molecular weight excluding hydrogens is 148 g/mol. The second kappa shape index (κ2) is 8.63. The Hall–Kier alpha value is -0.460. The van der Waals surface area contributed by atoms with Crippen LogP contribution in [0, 0.1) is 0 Å². The highest BCUT2D eigenvalue weighted by molar-refractivity contribution is 4.90. The standard InChI is InChI=1S/C11H22O/c1-3-5-7-9-11(12)10-8-6-4-2/h9,12H,3-8,10H2,1-2H3/b11-9+. The molecule has 1 heteroatoms. The Labute approximate surface area is 76.5 Å². The maximum absolute atomic E-state index is 9.36. The van der Waals surface area contributed by atoms with Gasteiger partial charge in [0.15, 0.2) is 0 Å². The minimum Gasteiger partial charge on any atom is -0.513 e. The van der Waals surface area contributed by atoms with Gasteiger partial charge in [0, 0.05) is 6.42 Å². The van der Waals surface area contributed by atoms with Gasteiger partial charge in [0.1, 0.15) is 0 Å². The van der Waals surface area contributed by atoms with Gasteiger partial charge in [-0.05, 0) is 25.3 Å². The van der Waals surface area contributed by atoms with E-state index in [9.17, 15) is 5.11 Å². The predicted octanol–water partition coefficient (Wildman–Crippen LogP) is 4.20. The zero-order chi connectivity index (χ0) is 9.23. The van der Waals surface area contributed by atoms with Crippen LogP contribution in [0.2, 0.25) is 0 Å². The molecule has 0 amide bonds. The van der Waals surface area contributed by atoms with E-state index in [-0.39, 0.29) is 0 Å². The number of allylic oxidation sites excluding steroid dienone is 2. The van der Waals surface area contributed by atoms with Gasteiger partial charge in [0.2, 0.25) is 0 Å². The van der Waals surface area contributed by atoms with Gasteiger partial charge < -0.3 is 5.11 Å². The Morgan fingerprint density at radius 3 is 2.33 bits per heavy atom. The van der Waals surface area contributed by atoms with Crippen LogP contribution in [-0.2, 0) is 0 Å². The predicted molar refractivity (Wildman–Crippen MR) is 54.4 cm³/mol. The molecule has 12 heavy (non-hydrogen) atoms. The fourth-order valence-corrected chi connectivity index (χ4v) is 1.13. The molecule has 0 saturated heterocycles. The van der Waals surface area contributed by atoms with E-state index in [1.807, 2.05) is 6.08 Å². The molecule has 0 aliphatic heterocycles. The Morgan fingerprint density at radius 1 is 1.08 bits per heavy atom. The summed E-state index contributed by atoms with van der Waals surface area (Å²) in [7, 11) is 0. The van der Waals surface area contributed by atoms with Crippen LogP contribution in [0.25, 0.3) is 0 Å². The summed E-state index contributed by atoms with van der Waals surface area (Å²) in [6.07, 6.45) is 9.86. The zero-order valence-corrected chi connectivity index (χ0v) is 8.47. The molecule has 0 aliphatic rings. The van der Waals surface area contributed by atoms with E-state index in [4.69, 9.17) is 0 Å². The van der Waals surface area contributed by atoms with Gasteiger partial charge in [-0.1, -0.05) is 33.1 Å². The van der Waals surface area contributed by atoms with Crippen LogP contribution in [0.4, 0.5) is 0 Å². The van der Waals surface area contributed by atoms with Gasteiger partial charge in [-0.15, -0.1) is 0 Å². The summed E-state index contributed by atoms with van der Waals surface area (Å²) in [6.45, 7) is 4.35. The lowest BCUT2D eigenvalue weighted by atomic mass is 10.1.